The highest BCUT2D eigenvalue weighted by Gasteiger charge is 2.29. The van der Waals surface area contributed by atoms with Crippen LogP contribution in [0.15, 0.2) is 29.3 Å². The molecule has 0 bridgehead atoms. The van der Waals surface area contributed by atoms with Crippen LogP contribution in [-0.2, 0) is 6.54 Å². The summed E-state index contributed by atoms with van der Waals surface area (Å²) in [6.45, 7) is -1.59. The number of likely N-dealkylation sites (N-methyl/N-ethyl adjacent to an activating group) is 1. The van der Waals surface area contributed by atoms with Crippen LogP contribution in [0, 0.1) is 0 Å². The molecule has 0 aliphatic rings. The fraction of sp³-hybridized carbons (Fsp3) is 0.562. The molecule has 0 fully saturated rings. The van der Waals surface area contributed by atoms with Crippen LogP contribution in [0.25, 0.3) is 0 Å². The maximum absolute atomic E-state index is 12.2. The molecule has 1 aromatic rings. The van der Waals surface area contributed by atoms with Crippen molar-refractivity contribution in [2.75, 3.05) is 40.3 Å². The van der Waals surface area contributed by atoms with Crippen LogP contribution < -0.4 is 15.4 Å². The van der Waals surface area contributed by atoms with Crippen molar-refractivity contribution in [1.82, 2.24) is 15.5 Å². The van der Waals surface area contributed by atoms with Crippen molar-refractivity contribution >= 4 is 5.96 Å². The van der Waals surface area contributed by atoms with E-state index in [4.69, 9.17) is 0 Å². The summed E-state index contributed by atoms with van der Waals surface area (Å²) in [4.78, 5) is 5.09. The van der Waals surface area contributed by atoms with E-state index in [1.54, 1.807) is 12.1 Å². The molecule has 0 aliphatic carbocycles. The van der Waals surface area contributed by atoms with Gasteiger partial charge in [-0.15, -0.1) is 0 Å². The molecule has 0 atom stereocenters. The van der Waals surface area contributed by atoms with Crippen molar-refractivity contribution in [2.45, 2.75) is 18.9 Å². The van der Waals surface area contributed by atoms with Gasteiger partial charge in [0.05, 0.1) is 6.54 Å². The van der Waals surface area contributed by atoms with E-state index < -0.39 is 25.5 Å². The molecule has 0 spiro atoms. The zero-order valence-corrected chi connectivity index (χ0v) is 14.9. The lowest BCUT2D eigenvalue weighted by molar-refractivity contribution is -0.153. The first kappa shape index (κ1) is 22.9. The van der Waals surface area contributed by atoms with E-state index in [0.717, 1.165) is 10.5 Å². The molecule has 27 heavy (non-hydrogen) atoms. The Morgan fingerprint density at radius 3 is 2.19 bits per heavy atom. The number of nitrogens with zero attached hydrogens (tertiary/aromatic N) is 2. The van der Waals surface area contributed by atoms with Gasteiger partial charge in [0.2, 0.25) is 0 Å². The monoisotopic (exact) mass is 400 g/mol. The number of halogens is 6. The number of hydrogen-bond acceptors (Lipinski definition) is 3. The minimum atomic E-state index is -4.40. The molecule has 11 heteroatoms. The molecule has 0 aliphatic heterocycles. The van der Waals surface area contributed by atoms with Crippen molar-refractivity contribution in [2.24, 2.45) is 4.99 Å². The fourth-order valence-corrected chi connectivity index (χ4v) is 2.03. The fourth-order valence-electron chi connectivity index (χ4n) is 2.03. The van der Waals surface area contributed by atoms with E-state index in [-0.39, 0.29) is 18.8 Å². The van der Waals surface area contributed by atoms with E-state index in [9.17, 15) is 26.3 Å². The Hall–Kier alpha value is -2.17. The summed E-state index contributed by atoms with van der Waals surface area (Å²) in [5.74, 6) is 0.499. The maximum atomic E-state index is 12.2. The van der Waals surface area contributed by atoms with Crippen molar-refractivity contribution in [3.8, 4) is 5.75 Å². The lowest BCUT2D eigenvalue weighted by Crippen LogP contribution is -2.42. The summed E-state index contributed by atoms with van der Waals surface area (Å²) >= 11 is 0. The van der Waals surface area contributed by atoms with Crippen molar-refractivity contribution in [1.29, 1.82) is 0 Å². The molecule has 5 nitrogen and oxygen atoms in total. The molecule has 0 aromatic heterocycles. The number of rotatable bonds is 8. The molecule has 1 rings (SSSR count). The molecular weight excluding hydrogens is 378 g/mol. The number of nitrogens with one attached hydrogen (secondary N) is 2. The van der Waals surface area contributed by atoms with Gasteiger partial charge in [-0.2, -0.15) is 26.3 Å². The molecule has 154 valence electrons. The predicted octanol–water partition coefficient (Wildman–Crippen LogP) is 2.79. The minimum Gasteiger partial charge on any atom is -0.484 e. The second-order valence-electron chi connectivity index (χ2n) is 5.75. The molecule has 0 saturated carbocycles. The van der Waals surface area contributed by atoms with E-state index in [1.807, 2.05) is 0 Å². The Morgan fingerprint density at radius 2 is 1.67 bits per heavy atom. The van der Waals surface area contributed by atoms with Gasteiger partial charge in [0, 0.05) is 26.7 Å². The first-order chi connectivity index (χ1) is 12.5. The summed E-state index contributed by atoms with van der Waals surface area (Å²) in [6.07, 6.45) is -8.64. The van der Waals surface area contributed by atoms with Crippen molar-refractivity contribution < 1.29 is 31.1 Å². The van der Waals surface area contributed by atoms with Crippen LogP contribution in [0.3, 0.4) is 0 Å². The van der Waals surface area contributed by atoms with Gasteiger partial charge in [-0.1, -0.05) is 12.1 Å². The Kier molecular flexibility index (Phi) is 8.67. The van der Waals surface area contributed by atoms with Crippen LogP contribution in [0.5, 0.6) is 5.75 Å². The average Bonchev–Trinajstić information content (AvgIpc) is 2.54. The average molecular weight is 400 g/mol. The predicted molar refractivity (Wildman–Crippen MR) is 89.7 cm³/mol. The summed E-state index contributed by atoms with van der Waals surface area (Å²) in [5, 5.41) is 5.85. The largest absolute Gasteiger partial charge is 0.484 e. The van der Waals surface area contributed by atoms with E-state index in [0.29, 0.717) is 12.5 Å². The van der Waals surface area contributed by atoms with E-state index >= 15 is 0 Å². The molecule has 0 saturated heterocycles. The highest BCUT2D eigenvalue weighted by atomic mass is 19.4. The molecule has 2 N–H and O–H groups in total. The number of ether oxygens (including phenoxy) is 1. The van der Waals surface area contributed by atoms with Gasteiger partial charge in [-0.25, -0.2) is 0 Å². The minimum absolute atomic E-state index is 0.103. The standard InChI is InChI=1S/C16H22F6N4O/c1-23-14(24-7-8-26(2)10-15(17,18)19)25-9-12-3-5-13(6-4-12)27-11-16(20,21)22/h3-6H,7-11H2,1-2H3,(H2,23,24,25). The van der Waals surface area contributed by atoms with Crippen molar-refractivity contribution in [3.63, 3.8) is 0 Å². The van der Waals surface area contributed by atoms with E-state index in [1.165, 1.54) is 26.2 Å². The van der Waals surface area contributed by atoms with Crippen LogP contribution in [0.1, 0.15) is 5.56 Å². The summed E-state index contributed by atoms with van der Waals surface area (Å²) in [5.41, 5.74) is 0.770. The Balaban J connectivity index is 2.36. The van der Waals surface area contributed by atoms with Crippen LogP contribution in [0.4, 0.5) is 26.3 Å². The molecule has 0 unspecified atom stereocenters. The van der Waals surface area contributed by atoms with Gasteiger partial charge in [0.25, 0.3) is 0 Å². The maximum Gasteiger partial charge on any atom is 0.422 e. The Morgan fingerprint density at radius 1 is 1.04 bits per heavy atom. The molecule has 0 heterocycles. The second-order valence-corrected chi connectivity index (χ2v) is 5.75. The van der Waals surface area contributed by atoms with Crippen LogP contribution >= 0.6 is 0 Å². The lowest BCUT2D eigenvalue weighted by atomic mass is 10.2. The molecule has 1 aromatic carbocycles. The summed E-state index contributed by atoms with van der Waals surface area (Å²) < 4.78 is 77.6. The molecular formula is C16H22F6N4O. The van der Waals surface area contributed by atoms with Gasteiger partial charge in [-0.3, -0.25) is 9.89 Å². The van der Waals surface area contributed by atoms with E-state index in [2.05, 4.69) is 20.4 Å². The summed E-state index contributed by atoms with van der Waals surface area (Å²) in [6, 6.07) is 6.04. The number of alkyl halides is 6. The third-order valence-electron chi connectivity index (χ3n) is 3.24. The third kappa shape index (κ3) is 11.2. The quantitative estimate of drug-likeness (QED) is 0.400. The zero-order valence-electron chi connectivity index (χ0n) is 14.9. The summed E-state index contributed by atoms with van der Waals surface area (Å²) in [7, 11) is 2.89. The number of benzene rings is 1. The van der Waals surface area contributed by atoms with Crippen molar-refractivity contribution in [3.05, 3.63) is 29.8 Å². The second kappa shape index (κ2) is 10.2. The normalized spacial score (nSPS) is 13.0. The van der Waals surface area contributed by atoms with Gasteiger partial charge in [0.1, 0.15) is 5.75 Å². The lowest BCUT2D eigenvalue weighted by Gasteiger charge is -2.19. The zero-order chi connectivity index (χ0) is 20.5. The SMILES string of the molecule is CN=C(NCCN(C)CC(F)(F)F)NCc1ccc(OCC(F)(F)F)cc1. The number of hydrogen-bond donors (Lipinski definition) is 2. The van der Waals surface area contributed by atoms with Gasteiger partial charge in [-0.05, 0) is 24.7 Å². The number of guanidine groups is 1. The van der Waals surface area contributed by atoms with Gasteiger partial charge >= 0.3 is 12.4 Å². The van der Waals surface area contributed by atoms with Gasteiger partial charge in [0.15, 0.2) is 12.6 Å². The molecule has 0 amide bonds. The Labute approximate surface area is 153 Å². The first-order valence-corrected chi connectivity index (χ1v) is 7.97. The van der Waals surface area contributed by atoms with Crippen LogP contribution in [-0.4, -0.2) is 63.5 Å². The Bertz CT molecular complexity index is 586. The number of aliphatic imine (C=N–C) groups is 1. The smallest absolute Gasteiger partial charge is 0.422 e. The third-order valence-corrected chi connectivity index (χ3v) is 3.24. The van der Waals surface area contributed by atoms with Crippen LogP contribution in [0.2, 0.25) is 0 Å². The molecule has 0 radical (unpaired) electrons. The first-order valence-electron chi connectivity index (χ1n) is 7.97. The highest BCUT2D eigenvalue weighted by molar-refractivity contribution is 5.79. The van der Waals surface area contributed by atoms with Gasteiger partial charge < -0.3 is 15.4 Å². The topological polar surface area (TPSA) is 48.9 Å². The highest BCUT2D eigenvalue weighted by Crippen LogP contribution is 2.18.